The lowest BCUT2D eigenvalue weighted by Crippen LogP contribution is -2.24. The molecule has 0 bridgehead atoms. The third-order valence-corrected chi connectivity index (χ3v) is 2.69. The third kappa shape index (κ3) is 2.30. The normalized spacial score (nSPS) is 12.4. The summed E-state index contributed by atoms with van der Waals surface area (Å²) in [6.07, 6.45) is -0.0928. The van der Waals surface area contributed by atoms with Gasteiger partial charge >= 0.3 is 0 Å². The number of nitrogens with one attached hydrogen (secondary N) is 1. The highest BCUT2D eigenvalue weighted by Gasteiger charge is 2.02. The average molecular weight is 212 g/mol. The van der Waals surface area contributed by atoms with Gasteiger partial charge in [0.25, 0.3) is 0 Å². The second kappa shape index (κ2) is 4.92. The van der Waals surface area contributed by atoms with Gasteiger partial charge in [-0.15, -0.1) is 0 Å². The molecule has 2 heteroatoms. The fourth-order valence-electron chi connectivity index (χ4n) is 1.68. The maximum atomic E-state index is 5.87. The monoisotopic (exact) mass is 212 g/mol. The molecule has 2 rings (SSSR count). The number of benzene rings is 2. The van der Waals surface area contributed by atoms with Crippen LogP contribution < -0.4 is 11.1 Å². The molecule has 1 unspecified atom stereocenters. The van der Waals surface area contributed by atoms with E-state index < -0.39 is 0 Å². The number of hydrogen-bond acceptors (Lipinski definition) is 2. The van der Waals surface area contributed by atoms with Crippen LogP contribution in [0, 0.1) is 0 Å². The smallest absolute Gasteiger partial charge is 0.0807 e. The zero-order chi connectivity index (χ0) is 11.4. The van der Waals surface area contributed by atoms with Gasteiger partial charge in [-0.05, 0) is 23.7 Å². The van der Waals surface area contributed by atoms with E-state index in [4.69, 9.17) is 5.73 Å². The Balaban J connectivity index is 2.26. The summed E-state index contributed by atoms with van der Waals surface area (Å²) >= 11 is 0. The quantitative estimate of drug-likeness (QED) is 0.767. The molecule has 2 aromatic carbocycles. The fraction of sp³-hybridized carbons (Fsp3) is 0.143. The van der Waals surface area contributed by atoms with E-state index in [2.05, 4.69) is 41.7 Å². The average Bonchev–Trinajstić information content (AvgIpc) is 2.39. The van der Waals surface area contributed by atoms with E-state index >= 15 is 0 Å². The van der Waals surface area contributed by atoms with Gasteiger partial charge in [-0.3, -0.25) is 0 Å². The van der Waals surface area contributed by atoms with Crippen molar-refractivity contribution in [1.29, 1.82) is 0 Å². The first-order chi connectivity index (χ1) is 7.81. The molecule has 0 saturated heterocycles. The predicted molar refractivity (Wildman–Crippen MR) is 67.9 cm³/mol. The lowest BCUT2D eigenvalue weighted by Gasteiger charge is -2.11. The van der Waals surface area contributed by atoms with E-state index in [0.29, 0.717) is 0 Å². The molecule has 0 aliphatic rings. The first-order valence-electron chi connectivity index (χ1n) is 5.39. The van der Waals surface area contributed by atoms with Gasteiger partial charge in [-0.1, -0.05) is 54.6 Å². The van der Waals surface area contributed by atoms with Crippen molar-refractivity contribution in [2.75, 3.05) is 7.05 Å². The van der Waals surface area contributed by atoms with Gasteiger partial charge in [-0.2, -0.15) is 0 Å². The highest BCUT2D eigenvalue weighted by Crippen LogP contribution is 2.20. The number of hydrogen-bond donors (Lipinski definition) is 2. The molecule has 2 aromatic rings. The van der Waals surface area contributed by atoms with Crippen LogP contribution in [0.25, 0.3) is 11.1 Å². The Morgan fingerprint density at radius 3 is 2.00 bits per heavy atom. The minimum Gasteiger partial charge on any atom is -0.312 e. The zero-order valence-corrected chi connectivity index (χ0v) is 9.35. The van der Waals surface area contributed by atoms with Gasteiger partial charge in [0, 0.05) is 0 Å². The van der Waals surface area contributed by atoms with Gasteiger partial charge in [0.1, 0.15) is 0 Å². The van der Waals surface area contributed by atoms with Crippen LogP contribution in [-0.4, -0.2) is 7.05 Å². The predicted octanol–water partition coefficient (Wildman–Crippen LogP) is 2.53. The zero-order valence-electron chi connectivity index (χ0n) is 9.35. The Labute approximate surface area is 96.1 Å². The van der Waals surface area contributed by atoms with E-state index in [1.165, 1.54) is 11.1 Å². The van der Waals surface area contributed by atoms with Crippen LogP contribution in [0.3, 0.4) is 0 Å². The topological polar surface area (TPSA) is 38.0 Å². The summed E-state index contributed by atoms with van der Waals surface area (Å²) in [5.41, 5.74) is 9.42. The molecule has 0 heterocycles. The molecule has 2 nitrogen and oxygen atoms in total. The lowest BCUT2D eigenvalue weighted by molar-refractivity contribution is 0.622. The molecule has 1 atom stereocenters. The fourth-order valence-corrected chi connectivity index (χ4v) is 1.68. The first kappa shape index (κ1) is 10.9. The molecule has 0 radical (unpaired) electrons. The van der Waals surface area contributed by atoms with Crippen LogP contribution in [0.1, 0.15) is 11.7 Å². The Bertz CT molecular complexity index is 434. The molecular weight excluding hydrogens is 196 g/mol. The molecule has 0 fully saturated rings. The van der Waals surface area contributed by atoms with Crippen LogP contribution in [0.15, 0.2) is 54.6 Å². The second-order valence-electron chi connectivity index (χ2n) is 3.75. The SMILES string of the molecule is CNC(N)c1ccc(-c2ccccc2)cc1. The highest BCUT2D eigenvalue weighted by molar-refractivity contribution is 5.63. The Morgan fingerprint density at radius 2 is 1.44 bits per heavy atom. The molecule has 16 heavy (non-hydrogen) atoms. The van der Waals surface area contributed by atoms with Crippen LogP contribution in [0.5, 0.6) is 0 Å². The van der Waals surface area contributed by atoms with Crippen molar-refractivity contribution in [3.63, 3.8) is 0 Å². The van der Waals surface area contributed by atoms with Crippen molar-refractivity contribution in [3.8, 4) is 11.1 Å². The molecule has 0 aliphatic carbocycles. The van der Waals surface area contributed by atoms with Crippen molar-refractivity contribution >= 4 is 0 Å². The summed E-state index contributed by atoms with van der Waals surface area (Å²) in [6.45, 7) is 0. The van der Waals surface area contributed by atoms with E-state index in [1.807, 2.05) is 25.2 Å². The first-order valence-corrected chi connectivity index (χ1v) is 5.39. The highest BCUT2D eigenvalue weighted by atomic mass is 15.0. The van der Waals surface area contributed by atoms with Gasteiger partial charge in [0.15, 0.2) is 0 Å². The molecule has 0 aliphatic heterocycles. The van der Waals surface area contributed by atoms with Crippen LogP contribution in [0.4, 0.5) is 0 Å². The summed E-state index contributed by atoms with van der Waals surface area (Å²) < 4.78 is 0. The van der Waals surface area contributed by atoms with E-state index in [0.717, 1.165) is 5.56 Å². The largest absolute Gasteiger partial charge is 0.312 e. The van der Waals surface area contributed by atoms with Gasteiger partial charge < -0.3 is 11.1 Å². The standard InChI is InChI=1S/C14H16N2/c1-16-14(15)13-9-7-12(8-10-13)11-5-3-2-4-6-11/h2-10,14,16H,15H2,1H3. The third-order valence-electron chi connectivity index (χ3n) is 2.69. The molecule has 82 valence electrons. The summed E-state index contributed by atoms with van der Waals surface area (Å²) in [5, 5.41) is 3.02. The van der Waals surface area contributed by atoms with E-state index in [-0.39, 0.29) is 6.17 Å². The van der Waals surface area contributed by atoms with Crippen molar-refractivity contribution in [1.82, 2.24) is 5.32 Å². The van der Waals surface area contributed by atoms with Crippen molar-refractivity contribution < 1.29 is 0 Å². The summed E-state index contributed by atoms with van der Waals surface area (Å²) in [5.74, 6) is 0. The number of rotatable bonds is 3. The summed E-state index contributed by atoms with van der Waals surface area (Å²) in [7, 11) is 1.86. The van der Waals surface area contributed by atoms with Crippen molar-refractivity contribution in [3.05, 3.63) is 60.2 Å². The maximum absolute atomic E-state index is 5.87. The van der Waals surface area contributed by atoms with Crippen molar-refractivity contribution in [2.24, 2.45) is 5.73 Å². The van der Waals surface area contributed by atoms with E-state index in [1.54, 1.807) is 0 Å². The molecule has 0 aromatic heterocycles. The Kier molecular flexibility index (Phi) is 3.34. The molecule has 0 amide bonds. The van der Waals surface area contributed by atoms with Crippen molar-refractivity contribution in [2.45, 2.75) is 6.17 Å². The van der Waals surface area contributed by atoms with Crippen LogP contribution in [0.2, 0.25) is 0 Å². The van der Waals surface area contributed by atoms with Crippen LogP contribution >= 0.6 is 0 Å². The molecular formula is C14H16N2. The molecule has 0 spiro atoms. The second-order valence-corrected chi connectivity index (χ2v) is 3.75. The van der Waals surface area contributed by atoms with Gasteiger partial charge in [0.05, 0.1) is 6.17 Å². The minimum absolute atomic E-state index is 0.0928. The number of nitrogens with two attached hydrogens (primary N) is 1. The Hall–Kier alpha value is -1.64. The summed E-state index contributed by atoms with van der Waals surface area (Å²) in [6, 6.07) is 18.6. The molecule has 3 N–H and O–H groups in total. The van der Waals surface area contributed by atoms with E-state index in [9.17, 15) is 0 Å². The minimum atomic E-state index is -0.0928. The maximum Gasteiger partial charge on any atom is 0.0807 e. The Morgan fingerprint density at radius 1 is 0.875 bits per heavy atom. The lowest BCUT2D eigenvalue weighted by atomic mass is 10.0. The van der Waals surface area contributed by atoms with Gasteiger partial charge in [0.2, 0.25) is 0 Å². The summed E-state index contributed by atoms with van der Waals surface area (Å²) in [4.78, 5) is 0. The molecule has 0 saturated carbocycles. The van der Waals surface area contributed by atoms with Crippen LogP contribution in [-0.2, 0) is 0 Å². The van der Waals surface area contributed by atoms with Gasteiger partial charge in [-0.25, -0.2) is 0 Å².